The summed E-state index contributed by atoms with van der Waals surface area (Å²) in [6.07, 6.45) is 11.6. The Balaban J connectivity index is 1.48. The molecule has 0 amide bonds. The van der Waals surface area contributed by atoms with Gasteiger partial charge in [-0.3, -0.25) is 4.79 Å². The summed E-state index contributed by atoms with van der Waals surface area (Å²) in [5.74, 6) is 1.55. The van der Waals surface area contributed by atoms with E-state index in [-0.39, 0.29) is 16.7 Å². The van der Waals surface area contributed by atoms with Crippen LogP contribution in [0.15, 0.2) is 12.2 Å². The topological polar surface area (TPSA) is 80.7 Å². The molecule has 0 bridgehead atoms. The number of Topliss-reactive ketones (excluding diaryl/α,β-unsaturated/α-hetero) is 1. The van der Waals surface area contributed by atoms with Crippen LogP contribution in [0, 0.1) is 40.4 Å². The van der Waals surface area contributed by atoms with Gasteiger partial charge in [-0.2, -0.15) is 0 Å². The Morgan fingerprint density at radius 1 is 0.871 bits per heavy atom. The molecule has 0 aromatic rings. The second-order valence-electron chi connectivity index (χ2n) is 11.7. The van der Waals surface area contributed by atoms with Crippen LogP contribution in [0.4, 0.5) is 0 Å². The molecule has 172 valence electrons. The molecule has 0 spiro atoms. The number of ether oxygens (including phenoxy) is 1. The molecule has 0 unspecified atom stereocenters. The standard InChI is InChI=1S/C26H38O5/c1-16(27)19-7-8-20-18-6-5-17-15-24(2,31-23(30)10-9-22(28)29)13-14-25(17,3)21(18)11-12-26(19,20)4/h9-10,17-21H,5-8,11-15H2,1-4H3,(H,28,29)/b10-9-/t17-,18-,19+,20-,21-,24+,25-,26+/m0/s1. The highest BCUT2D eigenvalue weighted by Crippen LogP contribution is 2.68. The van der Waals surface area contributed by atoms with Crippen LogP contribution < -0.4 is 0 Å². The molecule has 4 rings (SSSR count). The molecule has 0 heterocycles. The van der Waals surface area contributed by atoms with E-state index in [9.17, 15) is 14.4 Å². The van der Waals surface area contributed by atoms with E-state index >= 15 is 0 Å². The average molecular weight is 431 g/mol. The molecule has 0 aromatic carbocycles. The molecule has 4 aliphatic rings. The molecule has 0 radical (unpaired) electrons. The van der Waals surface area contributed by atoms with Gasteiger partial charge in [0.1, 0.15) is 11.4 Å². The lowest BCUT2D eigenvalue weighted by Gasteiger charge is -2.62. The van der Waals surface area contributed by atoms with Crippen molar-refractivity contribution < 1.29 is 24.2 Å². The lowest BCUT2D eigenvalue weighted by atomic mass is 9.44. The third kappa shape index (κ3) is 3.76. The van der Waals surface area contributed by atoms with Gasteiger partial charge in [0.15, 0.2) is 0 Å². The highest BCUT2D eigenvalue weighted by Gasteiger charge is 2.61. The molecule has 5 heteroatoms. The number of ketones is 1. The predicted molar refractivity (Wildman–Crippen MR) is 117 cm³/mol. The van der Waals surface area contributed by atoms with E-state index < -0.39 is 17.5 Å². The highest BCUT2D eigenvalue weighted by atomic mass is 16.6. The van der Waals surface area contributed by atoms with Crippen molar-refractivity contribution in [3.8, 4) is 0 Å². The summed E-state index contributed by atoms with van der Waals surface area (Å²) >= 11 is 0. The Hall–Kier alpha value is -1.65. The molecule has 5 nitrogen and oxygen atoms in total. The van der Waals surface area contributed by atoms with Gasteiger partial charge in [0.2, 0.25) is 0 Å². The molecule has 1 N–H and O–H groups in total. The van der Waals surface area contributed by atoms with Crippen LogP contribution in [-0.4, -0.2) is 28.4 Å². The van der Waals surface area contributed by atoms with Crippen LogP contribution in [0.5, 0.6) is 0 Å². The number of hydrogen-bond donors (Lipinski definition) is 1. The summed E-state index contributed by atoms with van der Waals surface area (Å²) in [5, 5.41) is 8.75. The number of carboxylic acid groups (broad SMARTS) is 1. The molecule has 31 heavy (non-hydrogen) atoms. The third-order valence-electron chi connectivity index (χ3n) is 10.1. The van der Waals surface area contributed by atoms with Gasteiger partial charge < -0.3 is 9.84 Å². The van der Waals surface area contributed by atoms with Gasteiger partial charge in [-0.15, -0.1) is 0 Å². The third-order valence-corrected chi connectivity index (χ3v) is 10.1. The van der Waals surface area contributed by atoms with E-state index in [1.54, 1.807) is 6.92 Å². The Morgan fingerprint density at radius 2 is 1.58 bits per heavy atom. The van der Waals surface area contributed by atoms with Gasteiger partial charge >= 0.3 is 11.9 Å². The first-order valence-electron chi connectivity index (χ1n) is 12.1. The molecule has 8 atom stereocenters. The monoisotopic (exact) mass is 430 g/mol. The fourth-order valence-electron chi connectivity index (χ4n) is 8.59. The molecule has 0 aliphatic heterocycles. The van der Waals surface area contributed by atoms with Crippen LogP contribution in [0.25, 0.3) is 0 Å². The van der Waals surface area contributed by atoms with Gasteiger partial charge in [-0.1, -0.05) is 13.8 Å². The fraction of sp³-hybridized carbons (Fsp3) is 0.808. The number of aliphatic carboxylic acids is 1. The lowest BCUT2D eigenvalue weighted by molar-refractivity contribution is -0.176. The Kier molecular flexibility index (Phi) is 5.63. The molecule has 4 fully saturated rings. The van der Waals surface area contributed by atoms with Crippen molar-refractivity contribution in [2.45, 2.75) is 91.1 Å². The van der Waals surface area contributed by atoms with Crippen LogP contribution >= 0.6 is 0 Å². The van der Waals surface area contributed by atoms with Crippen LogP contribution in [0.1, 0.15) is 85.5 Å². The minimum Gasteiger partial charge on any atom is -0.478 e. The first kappa shape index (κ1) is 22.5. The fourth-order valence-corrected chi connectivity index (χ4v) is 8.59. The van der Waals surface area contributed by atoms with E-state index in [0.717, 1.165) is 56.6 Å². The van der Waals surface area contributed by atoms with Gasteiger partial charge in [0.05, 0.1) is 0 Å². The maximum atomic E-state index is 12.3. The van der Waals surface area contributed by atoms with Crippen molar-refractivity contribution >= 4 is 17.7 Å². The molecule has 4 aliphatic carbocycles. The number of esters is 1. The first-order valence-corrected chi connectivity index (χ1v) is 12.1. The summed E-state index contributed by atoms with van der Waals surface area (Å²) < 4.78 is 5.76. The second kappa shape index (κ2) is 7.74. The first-order chi connectivity index (χ1) is 14.5. The number of carbonyl (C=O) groups excluding carboxylic acids is 2. The molecule has 0 saturated heterocycles. The minimum absolute atomic E-state index is 0.186. The largest absolute Gasteiger partial charge is 0.478 e. The molecular weight excluding hydrogens is 392 g/mol. The van der Waals surface area contributed by atoms with Crippen molar-refractivity contribution in [3.05, 3.63) is 12.2 Å². The van der Waals surface area contributed by atoms with Crippen molar-refractivity contribution in [1.29, 1.82) is 0 Å². The molecule has 0 aromatic heterocycles. The van der Waals surface area contributed by atoms with Gasteiger partial charge in [0.25, 0.3) is 0 Å². The number of fused-ring (bicyclic) bond motifs is 5. The van der Waals surface area contributed by atoms with Crippen LogP contribution in [0.3, 0.4) is 0 Å². The molecular formula is C26H38O5. The smallest absolute Gasteiger partial charge is 0.331 e. The number of hydrogen-bond acceptors (Lipinski definition) is 4. The van der Waals surface area contributed by atoms with Crippen LogP contribution in [0.2, 0.25) is 0 Å². The van der Waals surface area contributed by atoms with Crippen molar-refractivity contribution in [2.24, 2.45) is 40.4 Å². The quantitative estimate of drug-likeness (QED) is 0.491. The summed E-state index contributed by atoms with van der Waals surface area (Å²) in [4.78, 5) is 35.1. The number of carboxylic acids is 1. The second-order valence-corrected chi connectivity index (χ2v) is 11.7. The molecule has 4 saturated carbocycles. The Morgan fingerprint density at radius 3 is 2.26 bits per heavy atom. The number of carbonyl (C=O) groups is 3. The van der Waals surface area contributed by atoms with Crippen molar-refractivity contribution in [1.82, 2.24) is 0 Å². The summed E-state index contributed by atoms with van der Waals surface area (Å²) in [6.45, 7) is 8.67. The average Bonchev–Trinajstić information content (AvgIpc) is 3.04. The van der Waals surface area contributed by atoms with E-state index in [1.165, 1.54) is 19.3 Å². The SMILES string of the molecule is CC(=O)[C@H]1CC[C@H]2[C@@H]3CC[C@H]4C[C@](C)(OC(=O)/C=C\C(=O)O)CC[C@]4(C)[C@H]3CC[C@]12C. The maximum Gasteiger partial charge on any atom is 0.331 e. The van der Waals surface area contributed by atoms with E-state index in [4.69, 9.17) is 9.84 Å². The van der Waals surface area contributed by atoms with E-state index in [0.29, 0.717) is 23.5 Å². The highest BCUT2D eigenvalue weighted by molar-refractivity contribution is 5.90. The van der Waals surface area contributed by atoms with Gasteiger partial charge in [-0.05, 0) is 106 Å². The minimum atomic E-state index is -1.14. The summed E-state index contributed by atoms with van der Waals surface area (Å²) in [5.41, 5.74) is -0.0695. The summed E-state index contributed by atoms with van der Waals surface area (Å²) in [7, 11) is 0. The van der Waals surface area contributed by atoms with Crippen molar-refractivity contribution in [2.75, 3.05) is 0 Å². The predicted octanol–water partition coefficient (Wildman–Crippen LogP) is 5.18. The lowest BCUT2D eigenvalue weighted by Crippen LogP contribution is -2.56. The zero-order valence-corrected chi connectivity index (χ0v) is 19.5. The maximum absolute atomic E-state index is 12.3. The van der Waals surface area contributed by atoms with Gasteiger partial charge in [0, 0.05) is 18.1 Å². The van der Waals surface area contributed by atoms with Gasteiger partial charge in [-0.25, -0.2) is 9.59 Å². The van der Waals surface area contributed by atoms with Crippen LogP contribution in [-0.2, 0) is 19.1 Å². The van der Waals surface area contributed by atoms with Crippen molar-refractivity contribution in [3.63, 3.8) is 0 Å². The number of rotatable bonds is 4. The van der Waals surface area contributed by atoms with E-state index in [2.05, 4.69) is 13.8 Å². The zero-order chi connectivity index (χ0) is 22.6. The summed E-state index contributed by atoms with van der Waals surface area (Å²) in [6, 6.07) is 0. The Labute approximate surface area is 186 Å². The van der Waals surface area contributed by atoms with E-state index in [1.807, 2.05) is 6.92 Å². The normalized spacial score (nSPS) is 46.6. The zero-order valence-electron chi connectivity index (χ0n) is 19.5. The Bertz CT molecular complexity index is 802.